The maximum Gasteiger partial charge on any atom is 0.317 e. The van der Waals surface area contributed by atoms with Crippen LogP contribution in [0, 0.1) is 13.8 Å². The Morgan fingerprint density at radius 1 is 1.25 bits per heavy atom. The molecule has 4 rings (SSSR count). The number of piperidine rings is 1. The van der Waals surface area contributed by atoms with E-state index in [2.05, 4.69) is 15.3 Å². The third kappa shape index (κ3) is 3.57. The van der Waals surface area contributed by atoms with Gasteiger partial charge in [0.15, 0.2) is 5.58 Å². The van der Waals surface area contributed by atoms with Gasteiger partial charge in [-0.25, -0.2) is 9.78 Å². The van der Waals surface area contributed by atoms with Gasteiger partial charge in [0.2, 0.25) is 5.89 Å². The van der Waals surface area contributed by atoms with Gasteiger partial charge in [0.1, 0.15) is 11.1 Å². The largest absolute Gasteiger partial charge is 0.439 e. The van der Waals surface area contributed by atoms with E-state index in [1.165, 1.54) is 0 Å². The summed E-state index contributed by atoms with van der Waals surface area (Å²) in [4.78, 5) is 23.0. The second kappa shape index (κ2) is 7.24. The maximum atomic E-state index is 12.5. The fourth-order valence-electron chi connectivity index (χ4n) is 3.55. The molecule has 1 aromatic carbocycles. The summed E-state index contributed by atoms with van der Waals surface area (Å²) in [7, 11) is 0. The maximum absolute atomic E-state index is 12.5. The lowest BCUT2D eigenvalue weighted by Crippen LogP contribution is -2.48. The number of oxazole rings is 1. The number of carbonyl (C=O) groups is 1. The summed E-state index contributed by atoms with van der Waals surface area (Å²) < 4.78 is 5.69. The van der Waals surface area contributed by atoms with E-state index in [0.717, 1.165) is 22.2 Å². The molecule has 0 aliphatic carbocycles. The zero-order valence-electron chi connectivity index (χ0n) is 16.1. The van der Waals surface area contributed by atoms with E-state index in [0.29, 0.717) is 37.5 Å². The predicted molar refractivity (Wildman–Crippen MR) is 105 cm³/mol. The number of carbonyl (C=O) groups excluding carboxylic acids is 1. The van der Waals surface area contributed by atoms with Gasteiger partial charge >= 0.3 is 6.03 Å². The number of nitrogens with one attached hydrogen (secondary N) is 1. The van der Waals surface area contributed by atoms with Crippen LogP contribution >= 0.6 is 0 Å². The van der Waals surface area contributed by atoms with Crippen molar-refractivity contribution >= 4 is 17.1 Å². The van der Waals surface area contributed by atoms with Crippen molar-refractivity contribution in [1.29, 1.82) is 0 Å². The number of para-hydroxylation sites is 1. The average molecular weight is 380 g/mol. The van der Waals surface area contributed by atoms with Crippen LogP contribution in [0.1, 0.15) is 35.6 Å². The van der Waals surface area contributed by atoms with Gasteiger partial charge < -0.3 is 19.7 Å². The van der Waals surface area contributed by atoms with Crippen molar-refractivity contribution in [2.75, 3.05) is 13.1 Å². The second-order valence-electron chi connectivity index (χ2n) is 7.43. The standard InChI is InChI=1S/C21H24N4O3/c1-14-6-7-17(22-12-14)21(27)8-10-25(11-9-21)20(26)23-13-18-24-19-15(2)4-3-5-16(19)28-18/h3-7,12,27H,8-11,13H2,1-2H3,(H,23,26). The molecule has 3 heterocycles. The summed E-state index contributed by atoms with van der Waals surface area (Å²) in [5, 5.41) is 13.8. The normalized spacial score (nSPS) is 16.3. The molecule has 0 bridgehead atoms. The second-order valence-corrected chi connectivity index (χ2v) is 7.43. The predicted octanol–water partition coefficient (Wildman–Crippen LogP) is 3.03. The lowest BCUT2D eigenvalue weighted by Gasteiger charge is -2.37. The van der Waals surface area contributed by atoms with Gasteiger partial charge in [-0.1, -0.05) is 18.2 Å². The summed E-state index contributed by atoms with van der Waals surface area (Å²) in [5.74, 6) is 0.481. The number of aryl methyl sites for hydroxylation is 2. The van der Waals surface area contributed by atoms with Gasteiger partial charge in [-0.15, -0.1) is 0 Å². The average Bonchev–Trinajstić information content (AvgIpc) is 3.12. The first-order valence-corrected chi connectivity index (χ1v) is 9.48. The molecular weight excluding hydrogens is 356 g/mol. The molecule has 1 fully saturated rings. The van der Waals surface area contributed by atoms with Crippen LogP contribution in [-0.4, -0.2) is 39.1 Å². The number of aromatic nitrogens is 2. The number of fused-ring (bicyclic) bond motifs is 1. The molecule has 7 heteroatoms. The molecule has 28 heavy (non-hydrogen) atoms. The van der Waals surface area contributed by atoms with Crippen LogP contribution in [0.25, 0.3) is 11.1 Å². The minimum atomic E-state index is -0.984. The molecule has 0 radical (unpaired) electrons. The SMILES string of the molecule is Cc1ccc(C2(O)CCN(C(=O)NCc3nc4c(C)cccc4o3)CC2)nc1. The van der Waals surface area contributed by atoms with E-state index in [4.69, 9.17) is 4.42 Å². The van der Waals surface area contributed by atoms with Gasteiger partial charge in [0, 0.05) is 19.3 Å². The van der Waals surface area contributed by atoms with Gasteiger partial charge in [-0.05, 0) is 49.9 Å². The lowest BCUT2D eigenvalue weighted by molar-refractivity contribution is -0.0204. The van der Waals surface area contributed by atoms with Crippen molar-refractivity contribution in [3.05, 3.63) is 59.2 Å². The first kappa shape index (κ1) is 18.4. The van der Waals surface area contributed by atoms with E-state index in [-0.39, 0.29) is 12.6 Å². The van der Waals surface area contributed by atoms with E-state index in [9.17, 15) is 9.90 Å². The Labute approximate surface area is 163 Å². The Bertz CT molecular complexity index is 989. The van der Waals surface area contributed by atoms with Gasteiger partial charge in [0.05, 0.1) is 12.2 Å². The van der Waals surface area contributed by atoms with E-state index in [1.54, 1.807) is 11.1 Å². The van der Waals surface area contributed by atoms with Crippen LogP contribution in [0.5, 0.6) is 0 Å². The number of pyridine rings is 1. The molecule has 1 saturated heterocycles. The van der Waals surface area contributed by atoms with Crippen LogP contribution < -0.4 is 5.32 Å². The van der Waals surface area contributed by atoms with Crippen molar-refractivity contribution in [1.82, 2.24) is 20.2 Å². The van der Waals surface area contributed by atoms with Crippen molar-refractivity contribution in [3.63, 3.8) is 0 Å². The van der Waals surface area contributed by atoms with Gasteiger partial charge in [-0.2, -0.15) is 0 Å². The fourth-order valence-corrected chi connectivity index (χ4v) is 3.55. The number of urea groups is 1. The molecule has 1 aliphatic rings. The lowest BCUT2D eigenvalue weighted by atomic mass is 9.87. The Morgan fingerprint density at radius 3 is 2.71 bits per heavy atom. The monoisotopic (exact) mass is 380 g/mol. The smallest absolute Gasteiger partial charge is 0.317 e. The Morgan fingerprint density at radius 2 is 2.04 bits per heavy atom. The molecule has 2 N–H and O–H groups in total. The highest BCUT2D eigenvalue weighted by Crippen LogP contribution is 2.31. The molecular formula is C21H24N4O3. The number of benzene rings is 1. The van der Waals surface area contributed by atoms with Crippen LogP contribution in [0.2, 0.25) is 0 Å². The Kier molecular flexibility index (Phi) is 4.77. The van der Waals surface area contributed by atoms with Gasteiger partial charge in [0.25, 0.3) is 0 Å². The summed E-state index contributed by atoms with van der Waals surface area (Å²) >= 11 is 0. The summed E-state index contributed by atoms with van der Waals surface area (Å²) in [6.07, 6.45) is 2.67. The third-order valence-corrected chi connectivity index (χ3v) is 5.32. The van der Waals surface area contributed by atoms with E-state index >= 15 is 0 Å². The number of hydrogen-bond acceptors (Lipinski definition) is 5. The molecule has 0 unspecified atom stereocenters. The molecule has 0 atom stereocenters. The molecule has 3 aromatic rings. The summed E-state index contributed by atoms with van der Waals surface area (Å²) in [6.45, 7) is 5.10. The number of rotatable bonds is 3. The molecule has 2 amide bonds. The highest BCUT2D eigenvalue weighted by Gasteiger charge is 2.36. The molecule has 1 aliphatic heterocycles. The van der Waals surface area contributed by atoms with Gasteiger partial charge in [-0.3, -0.25) is 4.98 Å². The minimum absolute atomic E-state index is 0.183. The third-order valence-electron chi connectivity index (χ3n) is 5.32. The fraction of sp³-hybridized carbons (Fsp3) is 0.381. The number of hydrogen-bond donors (Lipinski definition) is 2. The zero-order chi connectivity index (χ0) is 19.7. The molecule has 2 aromatic heterocycles. The molecule has 0 saturated carbocycles. The molecule has 7 nitrogen and oxygen atoms in total. The first-order chi connectivity index (χ1) is 13.4. The summed E-state index contributed by atoms with van der Waals surface area (Å²) in [6, 6.07) is 9.39. The minimum Gasteiger partial charge on any atom is -0.439 e. The van der Waals surface area contributed by atoms with Crippen molar-refractivity contribution in [3.8, 4) is 0 Å². The Hall–Kier alpha value is -2.93. The van der Waals surface area contributed by atoms with Crippen LogP contribution in [-0.2, 0) is 12.1 Å². The topological polar surface area (TPSA) is 91.5 Å². The molecule has 146 valence electrons. The van der Waals surface area contributed by atoms with Crippen molar-refractivity contribution in [2.45, 2.75) is 38.8 Å². The number of likely N-dealkylation sites (tertiary alicyclic amines) is 1. The Balaban J connectivity index is 1.34. The van der Waals surface area contributed by atoms with Crippen LogP contribution in [0.4, 0.5) is 4.79 Å². The molecule has 0 spiro atoms. The number of nitrogens with zero attached hydrogens (tertiary/aromatic N) is 3. The van der Waals surface area contributed by atoms with E-state index < -0.39 is 5.60 Å². The zero-order valence-corrected chi connectivity index (χ0v) is 16.1. The van der Waals surface area contributed by atoms with Crippen LogP contribution in [0.3, 0.4) is 0 Å². The van der Waals surface area contributed by atoms with Crippen molar-refractivity contribution in [2.24, 2.45) is 0 Å². The highest BCUT2D eigenvalue weighted by atomic mass is 16.3. The quantitative estimate of drug-likeness (QED) is 0.729. The number of aliphatic hydroxyl groups is 1. The van der Waals surface area contributed by atoms with E-state index in [1.807, 2.05) is 44.2 Å². The van der Waals surface area contributed by atoms with Crippen LogP contribution in [0.15, 0.2) is 40.9 Å². The summed E-state index contributed by atoms with van der Waals surface area (Å²) in [5.41, 5.74) is 3.32. The highest BCUT2D eigenvalue weighted by molar-refractivity contribution is 5.77. The van der Waals surface area contributed by atoms with Crippen molar-refractivity contribution < 1.29 is 14.3 Å². The number of amides is 2. The first-order valence-electron chi connectivity index (χ1n) is 9.48.